The number of fused-ring (bicyclic) bond motifs is 1. The van der Waals surface area contributed by atoms with Crippen molar-refractivity contribution in [1.82, 2.24) is 0 Å². The molecule has 0 saturated carbocycles. The molecule has 0 aliphatic carbocycles. The quantitative estimate of drug-likeness (QED) is 0.307. The van der Waals surface area contributed by atoms with Crippen LogP contribution in [0.2, 0.25) is 0 Å². The maximum atomic E-state index is 12.7. The molecule has 0 spiro atoms. The summed E-state index contributed by atoms with van der Waals surface area (Å²) in [6.45, 7) is 0. The summed E-state index contributed by atoms with van der Waals surface area (Å²) in [5, 5.41) is 50.6. The van der Waals surface area contributed by atoms with Gasteiger partial charge in [0.15, 0.2) is 23.0 Å². The lowest BCUT2D eigenvalue weighted by Crippen LogP contribution is -2.61. The van der Waals surface area contributed by atoms with Crippen molar-refractivity contribution < 1.29 is 53.7 Å². The summed E-state index contributed by atoms with van der Waals surface area (Å²) in [6.07, 6.45) is -8.65. The molecule has 0 bridgehead atoms. The molecule has 1 aliphatic heterocycles. The topological polar surface area (TPSA) is 185 Å². The van der Waals surface area contributed by atoms with Gasteiger partial charge in [-0.05, 0) is 18.2 Å². The molecule has 1 aliphatic rings. The highest BCUT2D eigenvalue weighted by Gasteiger charge is 2.48. The fourth-order valence-corrected chi connectivity index (χ4v) is 3.69. The standard InChI is InChI=1S/C23H22O12/c1-31-14-4-3-9(5-11(14)24)15-8-13(26)17-12(25)6-10(7-16(17)34-15)33-23-20(29)18(27)19(28)21(35-23)22(30)32-2/h3-8,18-21,23-25,27-29H,1-2H3. The maximum absolute atomic E-state index is 12.7. The monoisotopic (exact) mass is 490 g/mol. The molecule has 1 saturated heterocycles. The SMILES string of the molecule is COC(=O)C1OC(Oc2cc(O)c3c(=O)cc(-c4ccc(OC)c(O)c4)oc3c2)C(O)C(O)C1O. The maximum Gasteiger partial charge on any atom is 0.337 e. The molecule has 1 fully saturated rings. The Morgan fingerprint density at radius 1 is 0.943 bits per heavy atom. The minimum atomic E-state index is -1.81. The van der Waals surface area contributed by atoms with E-state index in [1.807, 2.05) is 0 Å². The normalized spacial score (nSPS) is 24.2. The number of rotatable bonds is 5. The summed E-state index contributed by atoms with van der Waals surface area (Å²) in [6, 6.07) is 7.77. The Balaban J connectivity index is 1.71. The van der Waals surface area contributed by atoms with Crippen molar-refractivity contribution >= 4 is 16.9 Å². The van der Waals surface area contributed by atoms with Gasteiger partial charge in [-0.3, -0.25) is 4.79 Å². The van der Waals surface area contributed by atoms with Crippen LogP contribution < -0.4 is 14.9 Å². The van der Waals surface area contributed by atoms with E-state index >= 15 is 0 Å². The Morgan fingerprint density at radius 3 is 2.34 bits per heavy atom. The summed E-state index contributed by atoms with van der Waals surface area (Å²) in [4.78, 5) is 24.5. The minimum absolute atomic E-state index is 0.0650. The second kappa shape index (κ2) is 9.43. The fraction of sp³-hybridized carbons (Fsp3) is 0.304. The van der Waals surface area contributed by atoms with E-state index in [2.05, 4.69) is 4.74 Å². The molecule has 12 heteroatoms. The predicted molar refractivity (Wildman–Crippen MR) is 117 cm³/mol. The van der Waals surface area contributed by atoms with Crippen LogP contribution in [0.4, 0.5) is 0 Å². The first-order chi connectivity index (χ1) is 16.6. The van der Waals surface area contributed by atoms with Crippen LogP contribution in [-0.4, -0.2) is 76.4 Å². The third-order valence-electron chi connectivity index (χ3n) is 5.50. The number of methoxy groups -OCH3 is 2. The van der Waals surface area contributed by atoms with Gasteiger partial charge in [0.1, 0.15) is 46.5 Å². The Labute approximate surface area is 197 Å². The molecular weight excluding hydrogens is 468 g/mol. The van der Waals surface area contributed by atoms with Gasteiger partial charge in [-0.15, -0.1) is 0 Å². The molecule has 5 atom stereocenters. The summed E-state index contributed by atoms with van der Waals surface area (Å²) >= 11 is 0. The number of phenolic OH excluding ortho intramolecular Hbond substituents is 2. The van der Waals surface area contributed by atoms with E-state index in [1.54, 1.807) is 6.07 Å². The highest BCUT2D eigenvalue weighted by Crippen LogP contribution is 2.35. The third-order valence-corrected chi connectivity index (χ3v) is 5.50. The van der Waals surface area contributed by atoms with Crippen LogP contribution in [-0.2, 0) is 14.3 Å². The highest BCUT2D eigenvalue weighted by atomic mass is 16.7. The van der Waals surface area contributed by atoms with Crippen molar-refractivity contribution in [3.8, 4) is 34.3 Å². The van der Waals surface area contributed by atoms with Crippen LogP contribution in [0.1, 0.15) is 0 Å². The van der Waals surface area contributed by atoms with Crippen LogP contribution in [0.5, 0.6) is 23.0 Å². The van der Waals surface area contributed by atoms with Gasteiger partial charge >= 0.3 is 5.97 Å². The lowest BCUT2D eigenvalue weighted by molar-refractivity contribution is -0.271. The first-order valence-corrected chi connectivity index (χ1v) is 10.3. The number of aromatic hydroxyl groups is 2. The Morgan fingerprint density at radius 2 is 1.69 bits per heavy atom. The Kier molecular flexibility index (Phi) is 6.54. The number of phenols is 2. The fourth-order valence-electron chi connectivity index (χ4n) is 3.69. The minimum Gasteiger partial charge on any atom is -0.507 e. The van der Waals surface area contributed by atoms with Gasteiger partial charge in [-0.1, -0.05) is 0 Å². The summed E-state index contributed by atoms with van der Waals surface area (Å²) in [7, 11) is 2.43. The van der Waals surface area contributed by atoms with Gasteiger partial charge in [0.2, 0.25) is 6.29 Å². The zero-order chi connectivity index (χ0) is 25.4. The van der Waals surface area contributed by atoms with Crippen molar-refractivity contribution in [2.45, 2.75) is 30.7 Å². The van der Waals surface area contributed by atoms with E-state index in [1.165, 1.54) is 25.3 Å². The molecule has 1 aromatic heterocycles. The molecule has 0 amide bonds. The van der Waals surface area contributed by atoms with Crippen LogP contribution >= 0.6 is 0 Å². The molecular formula is C23H22O12. The second-order valence-corrected chi connectivity index (χ2v) is 7.71. The summed E-state index contributed by atoms with van der Waals surface area (Å²) < 4.78 is 26.0. The third kappa shape index (κ3) is 4.47. The van der Waals surface area contributed by atoms with E-state index in [0.717, 1.165) is 19.2 Å². The second-order valence-electron chi connectivity index (χ2n) is 7.71. The number of hydrogen-bond donors (Lipinski definition) is 5. The molecule has 5 unspecified atom stereocenters. The van der Waals surface area contributed by atoms with Crippen molar-refractivity contribution in [2.24, 2.45) is 0 Å². The molecule has 12 nitrogen and oxygen atoms in total. The number of aliphatic hydroxyl groups excluding tert-OH is 3. The van der Waals surface area contributed by atoms with Gasteiger partial charge in [0.25, 0.3) is 0 Å². The van der Waals surface area contributed by atoms with Gasteiger partial charge < -0.3 is 48.9 Å². The number of ether oxygens (including phenoxy) is 4. The Hall–Kier alpha value is -3.84. The number of carbonyl (C=O) groups excluding carboxylic acids is 1. The molecule has 3 aromatic rings. The molecule has 2 heterocycles. The van der Waals surface area contributed by atoms with Crippen molar-refractivity contribution in [2.75, 3.05) is 14.2 Å². The molecule has 2 aromatic carbocycles. The van der Waals surface area contributed by atoms with Crippen LogP contribution in [0.25, 0.3) is 22.3 Å². The number of hydrogen-bond acceptors (Lipinski definition) is 12. The van der Waals surface area contributed by atoms with E-state index in [-0.39, 0.29) is 34.0 Å². The van der Waals surface area contributed by atoms with Crippen LogP contribution in [0, 0.1) is 0 Å². The molecule has 0 radical (unpaired) electrons. The van der Waals surface area contributed by atoms with Gasteiger partial charge in [-0.2, -0.15) is 0 Å². The first kappa shape index (κ1) is 24.3. The van der Waals surface area contributed by atoms with E-state index in [4.69, 9.17) is 18.6 Å². The lowest BCUT2D eigenvalue weighted by atomic mass is 9.99. The lowest BCUT2D eigenvalue weighted by Gasteiger charge is -2.38. The Bertz CT molecular complexity index is 1320. The molecule has 4 rings (SSSR count). The zero-order valence-electron chi connectivity index (χ0n) is 18.4. The van der Waals surface area contributed by atoms with E-state index in [0.29, 0.717) is 5.56 Å². The number of carbonyl (C=O) groups is 1. The van der Waals surface area contributed by atoms with Gasteiger partial charge in [-0.25, -0.2) is 4.79 Å². The molecule has 5 N–H and O–H groups in total. The number of benzene rings is 2. The smallest absolute Gasteiger partial charge is 0.337 e. The van der Waals surface area contributed by atoms with E-state index in [9.17, 15) is 35.1 Å². The number of esters is 1. The average molecular weight is 490 g/mol. The number of aliphatic hydroxyl groups is 3. The average Bonchev–Trinajstić information content (AvgIpc) is 2.83. The van der Waals surface area contributed by atoms with Gasteiger partial charge in [0.05, 0.1) is 14.2 Å². The largest absolute Gasteiger partial charge is 0.507 e. The van der Waals surface area contributed by atoms with E-state index < -0.39 is 47.9 Å². The summed E-state index contributed by atoms with van der Waals surface area (Å²) in [5.41, 5.74) is -0.343. The van der Waals surface area contributed by atoms with Crippen molar-refractivity contribution in [3.05, 3.63) is 46.6 Å². The first-order valence-electron chi connectivity index (χ1n) is 10.3. The highest BCUT2D eigenvalue weighted by molar-refractivity contribution is 5.86. The molecule has 186 valence electrons. The summed E-state index contributed by atoms with van der Waals surface area (Å²) in [5.74, 6) is -1.56. The molecule has 35 heavy (non-hydrogen) atoms. The van der Waals surface area contributed by atoms with Crippen LogP contribution in [0.3, 0.4) is 0 Å². The van der Waals surface area contributed by atoms with Crippen molar-refractivity contribution in [1.29, 1.82) is 0 Å². The zero-order valence-corrected chi connectivity index (χ0v) is 18.4. The predicted octanol–water partition coefficient (Wildman–Crippen LogP) is 0.239. The van der Waals surface area contributed by atoms with Crippen molar-refractivity contribution in [3.63, 3.8) is 0 Å². The van der Waals surface area contributed by atoms with Gasteiger partial charge in [0, 0.05) is 23.8 Å². The van der Waals surface area contributed by atoms with Crippen LogP contribution in [0.15, 0.2) is 45.6 Å².